The Kier molecular flexibility index (Phi) is 11.3. The fourth-order valence-corrected chi connectivity index (χ4v) is 5.29. The molecule has 0 saturated heterocycles. The van der Waals surface area contributed by atoms with Gasteiger partial charge in [0.25, 0.3) is 5.09 Å². The maximum atomic E-state index is 14.5. The lowest BCUT2D eigenvalue weighted by molar-refractivity contribution is -0.757. The van der Waals surface area contributed by atoms with Crippen LogP contribution in [0.3, 0.4) is 0 Å². The Labute approximate surface area is 271 Å². The first kappa shape index (κ1) is 33.9. The highest BCUT2D eigenvalue weighted by molar-refractivity contribution is 7.84. The van der Waals surface area contributed by atoms with Crippen molar-refractivity contribution >= 4 is 39.9 Å². The Hall–Kier alpha value is -5.02. The maximum Gasteiger partial charge on any atom is 0.352 e. The van der Waals surface area contributed by atoms with Crippen LogP contribution >= 0.6 is 12.2 Å². The number of nitrogens with zero attached hydrogens (tertiary/aromatic N) is 3. The van der Waals surface area contributed by atoms with E-state index >= 15 is 0 Å². The molecule has 240 valence electrons. The van der Waals surface area contributed by atoms with Gasteiger partial charge in [0.05, 0.1) is 13.2 Å². The predicted octanol–water partition coefficient (Wildman–Crippen LogP) is 3.77. The van der Waals surface area contributed by atoms with Crippen LogP contribution in [-0.4, -0.2) is 50.4 Å². The van der Waals surface area contributed by atoms with E-state index in [2.05, 4.69) is 4.84 Å². The number of unbranched alkanes of at least 4 members (excludes halogenated alkanes) is 1. The van der Waals surface area contributed by atoms with Crippen LogP contribution in [0.1, 0.15) is 34.5 Å². The molecule has 12 nitrogen and oxygen atoms in total. The first-order valence-corrected chi connectivity index (χ1v) is 15.8. The van der Waals surface area contributed by atoms with Crippen molar-refractivity contribution < 1.29 is 42.3 Å². The van der Waals surface area contributed by atoms with Gasteiger partial charge in [-0.1, -0.05) is 30.4 Å². The van der Waals surface area contributed by atoms with Gasteiger partial charge in [-0.05, 0) is 61.4 Å². The van der Waals surface area contributed by atoms with Crippen molar-refractivity contribution in [1.82, 2.24) is 4.68 Å². The van der Waals surface area contributed by atoms with Crippen LogP contribution in [-0.2, 0) is 38.6 Å². The fraction of sp³-hybridized carbons (Fsp3) is 0.226. The van der Waals surface area contributed by atoms with E-state index in [9.17, 15) is 28.3 Å². The van der Waals surface area contributed by atoms with Crippen molar-refractivity contribution in [2.24, 2.45) is 12.8 Å². The Morgan fingerprint density at radius 3 is 2.35 bits per heavy atom. The smallest absolute Gasteiger partial charge is 0.352 e. The number of hydrogen-bond donors (Lipinski definition) is 1. The van der Waals surface area contributed by atoms with Crippen LogP contribution in [0.15, 0.2) is 77.7 Å². The van der Waals surface area contributed by atoms with Crippen LogP contribution < -0.4 is 15.2 Å². The standard InChI is InChI=1S/C31H29FN4O8S2/c1-34-26(19-27(37)42-16-3-4-17-43-36(39)40)28(31(38)44-24-12-8-21(9-13-24)30(33)45)29(20-10-14-25(15-11-20)46(2)41)35(34)23-7-5-6-22(32)18-23/h5-15,18H,3-4,16-17,19H2,1-2H3,(H-,33,45)/p+1. The summed E-state index contributed by atoms with van der Waals surface area (Å²) >= 11 is 5.00. The normalized spacial score (nSPS) is 11.5. The lowest BCUT2D eigenvalue weighted by Crippen LogP contribution is -2.42. The minimum Gasteiger partial charge on any atom is -0.465 e. The minimum atomic E-state index is -1.27. The molecule has 0 amide bonds. The van der Waals surface area contributed by atoms with E-state index in [1.807, 2.05) is 0 Å². The summed E-state index contributed by atoms with van der Waals surface area (Å²) in [5.74, 6) is -1.84. The molecule has 0 saturated carbocycles. The van der Waals surface area contributed by atoms with E-state index in [-0.39, 0.29) is 53.7 Å². The van der Waals surface area contributed by atoms with Crippen LogP contribution in [0, 0.1) is 15.9 Å². The van der Waals surface area contributed by atoms with Gasteiger partial charge in [0, 0.05) is 39.1 Å². The summed E-state index contributed by atoms with van der Waals surface area (Å²) in [5, 5.41) is 9.43. The highest BCUT2D eigenvalue weighted by Crippen LogP contribution is 2.31. The summed E-state index contributed by atoms with van der Waals surface area (Å²) in [6, 6.07) is 18.6. The van der Waals surface area contributed by atoms with E-state index in [1.54, 1.807) is 54.2 Å². The highest BCUT2D eigenvalue weighted by Gasteiger charge is 2.37. The third-order valence-electron chi connectivity index (χ3n) is 6.80. The zero-order valence-electron chi connectivity index (χ0n) is 24.8. The van der Waals surface area contributed by atoms with Gasteiger partial charge in [-0.25, -0.2) is 9.18 Å². The van der Waals surface area contributed by atoms with Gasteiger partial charge in [-0.15, -0.1) is 19.5 Å². The first-order valence-electron chi connectivity index (χ1n) is 13.8. The SMILES string of the molecule is C[n+]1c(CC(=O)OCCCCO[N+](=O)[O-])c(C(=O)Oc2ccc(C(N)=S)cc2)c(-c2ccc(S(C)=O)cc2)n1-c1cccc(F)c1. The third-order valence-corrected chi connectivity index (χ3v) is 7.98. The van der Waals surface area contributed by atoms with Crippen molar-refractivity contribution in [3.05, 3.63) is 106 Å². The summed E-state index contributed by atoms with van der Waals surface area (Å²) in [6.45, 7) is -0.177. The maximum absolute atomic E-state index is 14.5. The molecule has 1 heterocycles. The average molecular weight is 670 g/mol. The molecule has 1 unspecified atom stereocenters. The molecule has 0 bridgehead atoms. The molecule has 15 heteroatoms. The summed E-state index contributed by atoms with van der Waals surface area (Å²) in [4.78, 5) is 42.4. The van der Waals surface area contributed by atoms with Gasteiger partial charge in [-0.2, -0.15) is 0 Å². The predicted molar refractivity (Wildman–Crippen MR) is 169 cm³/mol. The van der Waals surface area contributed by atoms with Crippen LogP contribution in [0.25, 0.3) is 16.9 Å². The second-order valence-electron chi connectivity index (χ2n) is 9.90. The largest absolute Gasteiger partial charge is 0.465 e. The van der Waals surface area contributed by atoms with Gasteiger partial charge < -0.3 is 20.0 Å². The molecule has 0 fully saturated rings. The number of rotatable bonds is 14. The average Bonchev–Trinajstić information content (AvgIpc) is 3.30. The molecule has 3 aromatic carbocycles. The third kappa shape index (κ3) is 8.37. The molecular formula is C31H30FN4O8S2+. The topological polar surface area (TPSA) is 157 Å². The molecule has 0 aliphatic rings. The number of thiocarbonyl (C=S) groups is 1. The van der Waals surface area contributed by atoms with Crippen LogP contribution in [0.4, 0.5) is 4.39 Å². The number of ether oxygens (including phenoxy) is 2. The van der Waals surface area contributed by atoms with E-state index in [4.69, 9.17) is 27.4 Å². The molecular weight excluding hydrogens is 639 g/mol. The number of carbonyl (C=O) groups excluding carboxylic acids is 2. The second kappa shape index (κ2) is 15.3. The molecule has 2 N–H and O–H groups in total. The number of benzene rings is 3. The molecule has 0 aliphatic heterocycles. The number of esters is 2. The number of carbonyl (C=O) groups is 2. The van der Waals surface area contributed by atoms with Gasteiger partial charge >= 0.3 is 11.9 Å². The van der Waals surface area contributed by atoms with Crippen molar-refractivity contribution in [3.63, 3.8) is 0 Å². The second-order valence-corrected chi connectivity index (χ2v) is 11.7. The molecule has 4 aromatic rings. The molecule has 0 radical (unpaired) electrons. The zero-order valence-corrected chi connectivity index (χ0v) is 26.5. The number of nitrogens with two attached hydrogens (primary N) is 1. The molecule has 1 atom stereocenters. The molecule has 1 aromatic heterocycles. The Balaban J connectivity index is 1.80. The number of aromatic nitrogens is 2. The summed E-state index contributed by atoms with van der Waals surface area (Å²) in [5.41, 5.74) is 7.59. The quantitative estimate of drug-likeness (QED) is 0.0399. The van der Waals surface area contributed by atoms with E-state index in [0.717, 1.165) is 0 Å². The minimum absolute atomic E-state index is 0.00638. The summed E-state index contributed by atoms with van der Waals surface area (Å²) in [6.07, 6.45) is 1.75. The lowest BCUT2D eigenvalue weighted by atomic mass is 10.0. The van der Waals surface area contributed by atoms with E-state index in [0.29, 0.717) is 28.1 Å². The van der Waals surface area contributed by atoms with E-state index < -0.39 is 33.6 Å². The van der Waals surface area contributed by atoms with Crippen molar-refractivity contribution in [2.45, 2.75) is 24.2 Å². The van der Waals surface area contributed by atoms with Crippen LogP contribution in [0.5, 0.6) is 5.75 Å². The Morgan fingerprint density at radius 2 is 1.74 bits per heavy atom. The zero-order chi connectivity index (χ0) is 33.4. The van der Waals surface area contributed by atoms with Gasteiger partial charge in [0.15, 0.2) is 12.6 Å². The van der Waals surface area contributed by atoms with Gasteiger partial charge in [0.2, 0.25) is 5.69 Å². The molecule has 4 rings (SSSR count). The van der Waals surface area contributed by atoms with Crippen molar-refractivity contribution in [2.75, 3.05) is 19.5 Å². The molecule has 0 spiro atoms. The molecule has 0 aliphatic carbocycles. The Bertz CT molecular complexity index is 1790. The summed E-state index contributed by atoms with van der Waals surface area (Å²) < 4.78 is 40.8. The molecule has 46 heavy (non-hydrogen) atoms. The van der Waals surface area contributed by atoms with Gasteiger partial charge in [-0.3, -0.25) is 9.00 Å². The van der Waals surface area contributed by atoms with E-state index in [1.165, 1.54) is 41.3 Å². The van der Waals surface area contributed by atoms with Crippen molar-refractivity contribution in [3.8, 4) is 22.7 Å². The van der Waals surface area contributed by atoms with Crippen molar-refractivity contribution in [1.29, 1.82) is 0 Å². The van der Waals surface area contributed by atoms with Gasteiger partial charge in [0.1, 0.15) is 34.4 Å². The fourth-order valence-electron chi connectivity index (χ4n) is 4.64. The number of hydrogen-bond acceptors (Lipinski definition) is 9. The highest BCUT2D eigenvalue weighted by atomic mass is 32.2. The summed E-state index contributed by atoms with van der Waals surface area (Å²) in [7, 11) is 0.333. The van der Waals surface area contributed by atoms with Crippen LogP contribution in [0.2, 0.25) is 0 Å². The Morgan fingerprint density at radius 1 is 1.07 bits per heavy atom. The lowest BCUT2D eigenvalue weighted by Gasteiger charge is -2.09. The first-order chi connectivity index (χ1) is 22.0. The monoisotopic (exact) mass is 669 g/mol. The number of halogens is 1.